The number of nitrogens with one attached hydrogen (secondary N) is 2. The first-order chi connectivity index (χ1) is 12.0. The standard InChI is InChI=1S/C18H25FN4O2/c1-13(6-8-24)11-21-18(25)22-15-3-2-7-23(12-15)17-5-4-14(10-20)9-16(17)19/h4-5,9,13,15,24H,2-3,6-8,11-12H2,1H3,(H2,21,22,25). The van der Waals surface area contributed by atoms with Crippen molar-refractivity contribution in [1.29, 1.82) is 5.26 Å². The number of hydrogen-bond donors (Lipinski definition) is 3. The van der Waals surface area contributed by atoms with Gasteiger partial charge in [-0.3, -0.25) is 0 Å². The van der Waals surface area contributed by atoms with Gasteiger partial charge in [0.1, 0.15) is 5.82 Å². The minimum absolute atomic E-state index is 0.0584. The second kappa shape index (κ2) is 9.23. The molecule has 25 heavy (non-hydrogen) atoms. The molecule has 2 rings (SSSR count). The summed E-state index contributed by atoms with van der Waals surface area (Å²) in [4.78, 5) is 13.9. The third-order valence-electron chi connectivity index (χ3n) is 4.41. The lowest BCUT2D eigenvalue weighted by atomic mass is 10.0. The van der Waals surface area contributed by atoms with E-state index in [1.807, 2.05) is 17.9 Å². The number of nitriles is 1. The molecule has 0 bridgehead atoms. The third-order valence-corrected chi connectivity index (χ3v) is 4.41. The average Bonchev–Trinajstić information content (AvgIpc) is 2.60. The topological polar surface area (TPSA) is 88.4 Å². The lowest BCUT2D eigenvalue weighted by Gasteiger charge is -2.35. The normalized spacial score (nSPS) is 18.3. The van der Waals surface area contributed by atoms with Gasteiger partial charge >= 0.3 is 6.03 Å². The van der Waals surface area contributed by atoms with Gasteiger partial charge in [0, 0.05) is 32.3 Å². The van der Waals surface area contributed by atoms with Gasteiger partial charge < -0.3 is 20.6 Å². The fourth-order valence-electron chi connectivity index (χ4n) is 2.97. The molecule has 2 amide bonds. The van der Waals surface area contributed by atoms with Crippen LogP contribution in [0.2, 0.25) is 0 Å². The molecule has 7 heteroatoms. The number of piperidine rings is 1. The van der Waals surface area contributed by atoms with Crippen molar-refractivity contribution in [2.75, 3.05) is 31.1 Å². The Morgan fingerprint density at radius 2 is 2.36 bits per heavy atom. The van der Waals surface area contributed by atoms with E-state index < -0.39 is 5.82 Å². The van der Waals surface area contributed by atoms with Crippen LogP contribution in [-0.4, -0.2) is 43.4 Å². The van der Waals surface area contributed by atoms with Gasteiger partial charge in [0.05, 0.1) is 17.3 Å². The lowest BCUT2D eigenvalue weighted by molar-refractivity contribution is 0.229. The minimum Gasteiger partial charge on any atom is -0.396 e. The van der Waals surface area contributed by atoms with E-state index in [0.29, 0.717) is 30.8 Å². The van der Waals surface area contributed by atoms with E-state index in [1.54, 1.807) is 12.1 Å². The summed E-state index contributed by atoms with van der Waals surface area (Å²) in [5.74, 6) is -0.201. The number of carbonyl (C=O) groups is 1. The number of urea groups is 1. The Morgan fingerprint density at radius 1 is 1.56 bits per heavy atom. The second-order valence-corrected chi connectivity index (χ2v) is 6.53. The van der Waals surface area contributed by atoms with Crippen molar-refractivity contribution in [3.63, 3.8) is 0 Å². The van der Waals surface area contributed by atoms with Crippen molar-refractivity contribution in [2.45, 2.75) is 32.2 Å². The molecule has 1 saturated heterocycles. The minimum atomic E-state index is -0.415. The Hall–Kier alpha value is -2.33. The molecular formula is C18H25FN4O2. The molecule has 136 valence electrons. The van der Waals surface area contributed by atoms with Gasteiger partial charge in [0.2, 0.25) is 0 Å². The molecule has 1 aromatic rings. The predicted octanol–water partition coefficient (Wildman–Crippen LogP) is 1.98. The number of nitrogens with zero attached hydrogens (tertiary/aromatic N) is 2. The summed E-state index contributed by atoms with van der Waals surface area (Å²) < 4.78 is 14.2. The number of hydrogen-bond acceptors (Lipinski definition) is 4. The van der Waals surface area contributed by atoms with Crippen molar-refractivity contribution >= 4 is 11.7 Å². The van der Waals surface area contributed by atoms with Crippen molar-refractivity contribution in [2.24, 2.45) is 5.92 Å². The Balaban J connectivity index is 1.88. The monoisotopic (exact) mass is 348 g/mol. The number of rotatable bonds is 6. The van der Waals surface area contributed by atoms with Crippen LogP contribution in [-0.2, 0) is 0 Å². The molecule has 1 heterocycles. The summed E-state index contributed by atoms with van der Waals surface area (Å²) in [6.07, 6.45) is 2.34. The Labute approximate surface area is 147 Å². The van der Waals surface area contributed by atoms with Crippen LogP contribution in [0.4, 0.5) is 14.9 Å². The fourth-order valence-corrected chi connectivity index (χ4v) is 2.97. The SMILES string of the molecule is CC(CCO)CNC(=O)NC1CCCN(c2ccc(C#N)cc2F)C1. The van der Waals surface area contributed by atoms with Crippen LogP contribution in [0.15, 0.2) is 18.2 Å². The van der Waals surface area contributed by atoms with Gasteiger partial charge in [-0.1, -0.05) is 6.92 Å². The number of halogens is 1. The molecular weight excluding hydrogens is 323 g/mol. The molecule has 0 saturated carbocycles. The fraction of sp³-hybridized carbons (Fsp3) is 0.556. The van der Waals surface area contributed by atoms with Crippen molar-refractivity contribution in [3.05, 3.63) is 29.6 Å². The largest absolute Gasteiger partial charge is 0.396 e. The highest BCUT2D eigenvalue weighted by atomic mass is 19.1. The lowest BCUT2D eigenvalue weighted by Crippen LogP contribution is -2.51. The summed E-state index contributed by atoms with van der Waals surface area (Å²) in [7, 11) is 0. The zero-order valence-electron chi connectivity index (χ0n) is 14.5. The van der Waals surface area contributed by atoms with Crippen LogP contribution < -0.4 is 15.5 Å². The number of benzene rings is 1. The van der Waals surface area contributed by atoms with Gasteiger partial charge in [-0.15, -0.1) is 0 Å². The van der Waals surface area contributed by atoms with Crippen LogP contribution in [0.5, 0.6) is 0 Å². The maximum atomic E-state index is 14.2. The van der Waals surface area contributed by atoms with E-state index in [1.165, 1.54) is 6.07 Å². The van der Waals surface area contributed by atoms with Crippen molar-refractivity contribution in [3.8, 4) is 6.07 Å². The summed E-state index contributed by atoms with van der Waals surface area (Å²) >= 11 is 0. The summed E-state index contributed by atoms with van der Waals surface area (Å²) in [5.41, 5.74) is 0.756. The maximum absolute atomic E-state index is 14.2. The molecule has 0 aliphatic carbocycles. The summed E-state index contributed by atoms with van der Waals surface area (Å²) in [6, 6.07) is 6.09. The average molecular weight is 348 g/mol. The highest BCUT2D eigenvalue weighted by molar-refractivity contribution is 5.74. The molecule has 2 unspecified atom stereocenters. The zero-order valence-corrected chi connectivity index (χ0v) is 14.5. The molecule has 1 aliphatic heterocycles. The van der Waals surface area contributed by atoms with Gasteiger partial charge in [0.15, 0.2) is 0 Å². The molecule has 3 N–H and O–H groups in total. The van der Waals surface area contributed by atoms with Crippen molar-refractivity contribution < 1.29 is 14.3 Å². The molecule has 1 aromatic carbocycles. The number of carbonyl (C=O) groups excluding carboxylic acids is 1. The maximum Gasteiger partial charge on any atom is 0.315 e. The quantitative estimate of drug-likeness (QED) is 0.733. The van der Waals surface area contributed by atoms with E-state index in [4.69, 9.17) is 10.4 Å². The molecule has 2 atom stereocenters. The zero-order chi connectivity index (χ0) is 18.2. The van der Waals surface area contributed by atoms with Gasteiger partial charge in [0.25, 0.3) is 0 Å². The van der Waals surface area contributed by atoms with Crippen LogP contribution in [0.25, 0.3) is 0 Å². The van der Waals surface area contributed by atoms with Crippen LogP contribution >= 0.6 is 0 Å². The van der Waals surface area contributed by atoms with Crippen LogP contribution in [0.1, 0.15) is 31.7 Å². The van der Waals surface area contributed by atoms with E-state index in [0.717, 1.165) is 19.4 Å². The number of aliphatic hydroxyl groups excluding tert-OH is 1. The highest BCUT2D eigenvalue weighted by Crippen LogP contribution is 2.24. The van der Waals surface area contributed by atoms with Crippen molar-refractivity contribution in [1.82, 2.24) is 10.6 Å². The van der Waals surface area contributed by atoms with E-state index >= 15 is 0 Å². The molecule has 1 fully saturated rings. The van der Waals surface area contributed by atoms with Crippen LogP contribution in [0, 0.1) is 23.1 Å². The molecule has 1 aliphatic rings. The second-order valence-electron chi connectivity index (χ2n) is 6.53. The molecule has 0 radical (unpaired) electrons. The predicted molar refractivity (Wildman–Crippen MR) is 93.8 cm³/mol. The molecule has 6 nitrogen and oxygen atoms in total. The Kier molecular flexibility index (Phi) is 7.02. The number of amides is 2. The Morgan fingerprint density at radius 3 is 3.04 bits per heavy atom. The molecule has 0 spiro atoms. The number of anilines is 1. The smallest absolute Gasteiger partial charge is 0.315 e. The highest BCUT2D eigenvalue weighted by Gasteiger charge is 2.23. The first-order valence-electron chi connectivity index (χ1n) is 8.63. The summed E-state index contributed by atoms with van der Waals surface area (Å²) in [6.45, 7) is 3.83. The van der Waals surface area contributed by atoms with E-state index in [2.05, 4.69) is 10.6 Å². The molecule has 0 aromatic heterocycles. The third kappa shape index (κ3) is 5.61. The summed E-state index contributed by atoms with van der Waals surface area (Å²) in [5, 5.41) is 23.4. The van der Waals surface area contributed by atoms with E-state index in [9.17, 15) is 9.18 Å². The van der Waals surface area contributed by atoms with Gasteiger partial charge in [-0.2, -0.15) is 5.26 Å². The van der Waals surface area contributed by atoms with Gasteiger partial charge in [-0.05, 0) is 43.4 Å². The first kappa shape index (κ1) is 19.0. The number of aliphatic hydroxyl groups is 1. The Bertz CT molecular complexity index is 632. The van der Waals surface area contributed by atoms with E-state index in [-0.39, 0.29) is 24.6 Å². The first-order valence-corrected chi connectivity index (χ1v) is 8.63. The van der Waals surface area contributed by atoms with Gasteiger partial charge in [-0.25, -0.2) is 9.18 Å². The van der Waals surface area contributed by atoms with Crippen LogP contribution in [0.3, 0.4) is 0 Å².